The summed E-state index contributed by atoms with van der Waals surface area (Å²) in [7, 11) is 0. The van der Waals surface area contributed by atoms with E-state index in [1.165, 1.54) is 18.2 Å². The molecule has 0 radical (unpaired) electrons. The summed E-state index contributed by atoms with van der Waals surface area (Å²) in [6.45, 7) is 3.68. The van der Waals surface area contributed by atoms with Gasteiger partial charge in [0.25, 0.3) is 0 Å². The van der Waals surface area contributed by atoms with Crippen LogP contribution in [0.4, 0.5) is 8.78 Å². The van der Waals surface area contributed by atoms with Gasteiger partial charge in [0.2, 0.25) is 0 Å². The van der Waals surface area contributed by atoms with Crippen molar-refractivity contribution >= 4 is 0 Å². The molecule has 2 aromatic rings. The Balaban J connectivity index is 2.03. The van der Waals surface area contributed by atoms with Crippen LogP contribution in [0.2, 0.25) is 0 Å². The number of rotatable bonds is 5. The lowest BCUT2D eigenvalue weighted by Gasteiger charge is -2.25. The minimum Gasteiger partial charge on any atom is -0.387 e. The highest BCUT2D eigenvalue weighted by molar-refractivity contribution is 5.20. The Labute approximate surface area is 122 Å². The van der Waals surface area contributed by atoms with Crippen LogP contribution in [0.25, 0.3) is 0 Å². The molecule has 2 rings (SSSR count). The van der Waals surface area contributed by atoms with Crippen LogP contribution >= 0.6 is 0 Å². The fourth-order valence-electron chi connectivity index (χ4n) is 2.20. The second kappa shape index (κ2) is 6.74. The zero-order valence-electron chi connectivity index (χ0n) is 11.9. The first kappa shape index (κ1) is 15.5. The highest BCUT2D eigenvalue weighted by Gasteiger charge is 2.19. The number of benzene rings is 1. The summed E-state index contributed by atoms with van der Waals surface area (Å²) < 4.78 is 26.0. The molecule has 21 heavy (non-hydrogen) atoms. The molecule has 3 atom stereocenters. The van der Waals surface area contributed by atoms with Crippen LogP contribution in [0, 0.1) is 11.6 Å². The minimum absolute atomic E-state index is 0.168. The van der Waals surface area contributed by atoms with Gasteiger partial charge in [0.1, 0.15) is 11.6 Å². The van der Waals surface area contributed by atoms with Gasteiger partial charge in [-0.25, -0.2) is 8.78 Å². The molecule has 0 fully saturated rings. The summed E-state index contributed by atoms with van der Waals surface area (Å²) in [4.78, 5) is 3.81. The Hall–Kier alpha value is -1.85. The van der Waals surface area contributed by atoms with Crippen molar-refractivity contribution in [1.29, 1.82) is 0 Å². The molecule has 0 amide bonds. The molecule has 0 spiro atoms. The first-order valence-electron chi connectivity index (χ1n) is 6.77. The summed E-state index contributed by atoms with van der Waals surface area (Å²) in [6, 6.07) is 6.67. The maximum atomic E-state index is 13.2. The Morgan fingerprint density at radius 1 is 1.00 bits per heavy atom. The maximum Gasteiger partial charge on any atom is 0.141 e. The Morgan fingerprint density at radius 3 is 2.29 bits per heavy atom. The van der Waals surface area contributed by atoms with Crippen LogP contribution in [0.5, 0.6) is 0 Å². The fraction of sp³-hybridized carbons (Fsp3) is 0.312. The summed E-state index contributed by atoms with van der Waals surface area (Å²) in [6.07, 6.45) is 1.94. The van der Waals surface area contributed by atoms with E-state index in [9.17, 15) is 13.9 Å². The van der Waals surface area contributed by atoms with Crippen molar-refractivity contribution in [3.05, 3.63) is 65.5 Å². The number of hydrogen-bond donors (Lipinski definition) is 2. The van der Waals surface area contributed by atoms with Crippen molar-refractivity contribution in [2.24, 2.45) is 0 Å². The van der Waals surface area contributed by atoms with Gasteiger partial charge >= 0.3 is 0 Å². The molecule has 0 saturated carbocycles. The third-order valence-corrected chi connectivity index (χ3v) is 3.42. The average Bonchev–Trinajstić information content (AvgIpc) is 2.47. The molecule has 0 aliphatic rings. The first-order valence-corrected chi connectivity index (χ1v) is 6.77. The van der Waals surface area contributed by atoms with Gasteiger partial charge in [-0.3, -0.25) is 4.98 Å². The topological polar surface area (TPSA) is 45.1 Å². The van der Waals surface area contributed by atoms with E-state index in [0.717, 1.165) is 6.20 Å². The monoisotopic (exact) mass is 292 g/mol. The predicted octanol–water partition coefficient (Wildman–Crippen LogP) is 3.13. The maximum absolute atomic E-state index is 13.2. The minimum atomic E-state index is -0.783. The molecule has 0 aliphatic carbocycles. The summed E-state index contributed by atoms with van der Waals surface area (Å²) >= 11 is 0. The van der Waals surface area contributed by atoms with E-state index in [1.54, 1.807) is 18.3 Å². The van der Waals surface area contributed by atoms with E-state index in [0.29, 0.717) is 11.1 Å². The van der Waals surface area contributed by atoms with Gasteiger partial charge in [-0.2, -0.15) is 0 Å². The Bertz CT molecular complexity index is 589. The lowest BCUT2D eigenvalue weighted by molar-refractivity contribution is 0.130. The third-order valence-electron chi connectivity index (χ3n) is 3.42. The van der Waals surface area contributed by atoms with Crippen LogP contribution in [0.15, 0.2) is 42.7 Å². The Kier molecular flexibility index (Phi) is 4.98. The SMILES string of the molecule is CC(NC(C)C(O)c1ccc(F)cc1)c1cncc(F)c1. The summed E-state index contributed by atoms with van der Waals surface area (Å²) in [5.74, 6) is -0.737. The van der Waals surface area contributed by atoms with E-state index in [2.05, 4.69) is 10.3 Å². The second-order valence-corrected chi connectivity index (χ2v) is 5.11. The van der Waals surface area contributed by atoms with Gasteiger partial charge in [0, 0.05) is 18.3 Å². The second-order valence-electron chi connectivity index (χ2n) is 5.11. The highest BCUT2D eigenvalue weighted by atomic mass is 19.1. The van der Waals surface area contributed by atoms with Crippen LogP contribution < -0.4 is 5.32 Å². The van der Waals surface area contributed by atoms with E-state index >= 15 is 0 Å². The smallest absolute Gasteiger partial charge is 0.141 e. The summed E-state index contributed by atoms with van der Waals surface area (Å²) in [5.41, 5.74) is 1.33. The van der Waals surface area contributed by atoms with Gasteiger partial charge in [0.05, 0.1) is 12.3 Å². The van der Waals surface area contributed by atoms with Gasteiger partial charge in [-0.15, -0.1) is 0 Å². The third kappa shape index (κ3) is 4.06. The van der Waals surface area contributed by atoms with Gasteiger partial charge in [-0.1, -0.05) is 12.1 Å². The number of aliphatic hydroxyl groups excluding tert-OH is 1. The standard InChI is InChI=1S/C16H18F2N2O/c1-10(13-7-15(18)9-19-8-13)20-11(2)16(21)12-3-5-14(17)6-4-12/h3-11,16,20-21H,1-2H3. The molecule has 112 valence electrons. The zero-order valence-corrected chi connectivity index (χ0v) is 11.9. The number of aromatic nitrogens is 1. The molecule has 5 heteroatoms. The van der Waals surface area contributed by atoms with Crippen molar-refractivity contribution in [3.63, 3.8) is 0 Å². The van der Waals surface area contributed by atoms with Gasteiger partial charge in [0.15, 0.2) is 0 Å². The van der Waals surface area contributed by atoms with E-state index in [4.69, 9.17) is 0 Å². The number of nitrogens with one attached hydrogen (secondary N) is 1. The number of nitrogens with zero attached hydrogens (tertiary/aromatic N) is 1. The molecule has 1 heterocycles. The molecule has 1 aromatic carbocycles. The quantitative estimate of drug-likeness (QED) is 0.890. The van der Waals surface area contributed by atoms with Crippen molar-refractivity contribution in [3.8, 4) is 0 Å². The molecule has 1 aromatic heterocycles. The van der Waals surface area contributed by atoms with E-state index in [-0.39, 0.29) is 17.9 Å². The van der Waals surface area contributed by atoms with Gasteiger partial charge in [-0.05, 0) is 43.2 Å². The van der Waals surface area contributed by atoms with Gasteiger partial charge < -0.3 is 10.4 Å². The van der Waals surface area contributed by atoms with E-state index in [1.807, 2.05) is 13.8 Å². The predicted molar refractivity (Wildman–Crippen MR) is 76.6 cm³/mol. The lowest BCUT2D eigenvalue weighted by Crippen LogP contribution is -2.34. The molecule has 3 nitrogen and oxygen atoms in total. The largest absolute Gasteiger partial charge is 0.387 e. The number of halogens is 2. The highest BCUT2D eigenvalue weighted by Crippen LogP contribution is 2.20. The fourth-order valence-corrected chi connectivity index (χ4v) is 2.20. The molecular weight excluding hydrogens is 274 g/mol. The zero-order chi connectivity index (χ0) is 15.4. The average molecular weight is 292 g/mol. The van der Waals surface area contributed by atoms with Crippen molar-refractivity contribution < 1.29 is 13.9 Å². The molecule has 0 bridgehead atoms. The van der Waals surface area contributed by atoms with Crippen LogP contribution in [0.3, 0.4) is 0 Å². The number of aliphatic hydroxyl groups is 1. The molecule has 3 unspecified atom stereocenters. The van der Waals surface area contributed by atoms with Crippen molar-refractivity contribution in [1.82, 2.24) is 10.3 Å². The first-order chi connectivity index (χ1) is 9.97. The molecular formula is C16H18F2N2O. The normalized spacial score (nSPS) is 15.5. The number of hydrogen-bond acceptors (Lipinski definition) is 3. The lowest BCUT2D eigenvalue weighted by atomic mass is 10.0. The Morgan fingerprint density at radius 2 is 1.67 bits per heavy atom. The molecule has 2 N–H and O–H groups in total. The number of pyridine rings is 1. The van der Waals surface area contributed by atoms with Crippen molar-refractivity contribution in [2.75, 3.05) is 0 Å². The van der Waals surface area contributed by atoms with Crippen LogP contribution in [0.1, 0.15) is 37.1 Å². The van der Waals surface area contributed by atoms with E-state index < -0.39 is 11.9 Å². The summed E-state index contributed by atoms with van der Waals surface area (Å²) in [5, 5.41) is 13.4. The molecule has 0 aliphatic heterocycles. The molecule has 0 saturated heterocycles. The van der Waals surface area contributed by atoms with Crippen LogP contribution in [-0.4, -0.2) is 16.1 Å². The van der Waals surface area contributed by atoms with Crippen molar-refractivity contribution in [2.45, 2.75) is 32.0 Å². The van der Waals surface area contributed by atoms with Crippen LogP contribution in [-0.2, 0) is 0 Å².